The van der Waals surface area contributed by atoms with E-state index in [1.807, 2.05) is 0 Å². The molecule has 2 amide bonds. The lowest BCUT2D eigenvalue weighted by atomic mass is 9.81. The summed E-state index contributed by atoms with van der Waals surface area (Å²) in [6.07, 6.45) is 3.58. The van der Waals surface area contributed by atoms with Crippen molar-refractivity contribution in [2.24, 2.45) is 11.8 Å². The van der Waals surface area contributed by atoms with Crippen molar-refractivity contribution in [1.29, 1.82) is 0 Å². The quantitative estimate of drug-likeness (QED) is 0.475. The predicted molar refractivity (Wildman–Crippen MR) is 75.7 cm³/mol. The Morgan fingerprint density at radius 3 is 2.33 bits per heavy atom. The highest BCUT2D eigenvalue weighted by Crippen LogP contribution is 2.40. The van der Waals surface area contributed by atoms with Gasteiger partial charge in [0.15, 0.2) is 0 Å². The first-order valence-corrected chi connectivity index (χ1v) is 7.24. The van der Waals surface area contributed by atoms with E-state index in [1.54, 1.807) is 24.3 Å². The van der Waals surface area contributed by atoms with Gasteiger partial charge in [-0.25, -0.2) is 4.90 Å². The molecular weight excluding hydrogens is 270 g/mol. The number of benzene rings is 1. The molecule has 0 spiro atoms. The maximum absolute atomic E-state index is 12.5. The number of anilines is 1. The largest absolute Gasteiger partial charge is 0.427 e. The molecule has 1 saturated carbocycles. The topological polar surface area (TPSA) is 63.7 Å². The third-order valence-corrected chi connectivity index (χ3v) is 4.18. The lowest BCUT2D eigenvalue weighted by molar-refractivity contribution is -0.132. The maximum Gasteiger partial charge on any atom is 0.308 e. The second-order valence-corrected chi connectivity index (χ2v) is 5.60. The number of carbonyl (C=O) groups is 3. The molecule has 21 heavy (non-hydrogen) atoms. The molecule has 2 atom stereocenters. The summed E-state index contributed by atoms with van der Waals surface area (Å²) in [6, 6.07) is 6.56. The van der Waals surface area contributed by atoms with Crippen LogP contribution in [0.4, 0.5) is 5.69 Å². The van der Waals surface area contributed by atoms with Crippen molar-refractivity contribution in [2.75, 3.05) is 4.90 Å². The van der Waals surface area contributed by atoms with E-state index in [9.17, 15) is 14.4 Å². The Kier molecular flexibility index (Phi) is 3.49. The minimum absolute atomic E-state index is 0.121. The fourth-order valence-electron chi connectivity index (χ4n) is 3.27. The minimum Gasteiger partial charge on any atom is -0.427 e. The van der Waals surface area contributed by atoms with Crippen molar-refractivity contribution in [3.63, 3.8) is 0 Å². The number of nitrogens with zero attached hydrogens (tertiary/aromatic N) is 1. The van der Waals surface area contributed by atoms with Gasteiger partial charge in [-0.15, -0.1) is 0 Å². The molecule has 5 heteroatoms. The van der Waals surface area contributed by atoms with E-state index in [0.29, 0.717) is 11.4 Å². The number of hydrogen-bond acceptors (Lipinski definition) is 4. The fourth-order valence-corrected chi connectivity index (χ4v) is 3.27. The zero-order valence-electron chi connectivity index (χ0n) is 11.9. The van der Waals surface area contributed by atoms with Gasteiger partial charge in [0.1, 0.15) is 5.75 Å². The van der Waals surface area contributed by atoms with Gasteiger partial charge >= 0.3 is 5.97 Å². The molecule has 110 valence electrons. The molecule has 0 N–H and O–H groups in total. The van der Waals surface area contributed by atoms with Gasteiger partial charge in [-0.05, 0) is 25.0 Å². The average molecular weight is 287 g/mol. The molecule has 3 rings (SSSR count). The van der Waals surface area contributed by atoms with Crippen molar-refractivity contribution < 1.29 is 19.1 Å². The Labute approximate surface area is 122 Å². The molecule has 1 aromatic rings. The Balaban J connectivity index is 1.91. The molecule has 0 aromatic heterocycles. The zero-order valence-corrected chi connectivity index (χ0v) is 11.9. The first kappa shape index (κ1) is 13.8. The first-order chi connectivity index (χ1) is 10.1. The summed E-state index contributed by atoms with van der Waals surface area (Å²) in [7, 11) is 0. The van der Waals surface area contributed by atoms with Gasteiger partial charge in [-0.1, -0.05) is 18.9 Å². The van der Waals surface area contributed by atoms with Crippen molar-refractivity contribution in [2.45, 2.75) is 32.6 Å². The van der Waals surface area contributed by atoms with E-state index in [2.05, 4.69) is 0 Å². The monoisotopic (exact) mass is 287 g/mol. The Bertz CT molecular complexity index is 586. The molecule has 5 nitrogen and oxygen atoms in total. The summed E-state index contributed by atoms with van der Waals surface area (Å²) in [6.45, 7) is 1.31. The number of rotatable bonds is 2. The van der Waals surface area contributed by atoms with E-state index in [4.69, 9.17) is 4.74 Å². The lowest BCUT2D eigenvalue weighted by Gasteiger charge is -2.19. The summed E-state index contributed by atoms with van der Waals surface area (Å²) in [4.78, 5) is 37.2. The van der Waals surface area contributed by atoms with Crippen LogP contribution in [0.15, 0.2) is 24.3 Å². The number of amides is 2. The van der Waals surface area contributed by atoms with E-state index < -0.39 is 5.97 Å². The van der Waals surface area contributed by atoms with Crippen molar-refractivity contribution >= 4 is 23.5 Å². The van der Waals surface area contributed by atoms with Crippen molar-refractivity contribution in [1.82, 2.24) is 0 Å². The third kappa shape index (κ3) is 2.44. The number of fused-ring (bicyclic) bond motifs is 1. The highest BCUT2D eigenvalue weighted by molar-refractivity contribution is 6.22. The summed E-state index contributed by atoms with van der Waals surface area (Å²) in [5.41, 5.74) is 0.484. The van der Waals surface area contributed by atoms with E-state index in [-0.39, 0.29) is 23.7 Å². The molecule has 1 heterocycles. The normalized spacial score (nSPS) is 24.9. The zero-order chi connectivity index (χ0) is 15.0. The van der Waals surface area contributed by atoms with Gasteiger partial charge in [-0.3, -0.25) is 14.4 Å². The highest BCUT2D eigenvalue weighted by atomic mass is 16.5. The predicted octanol–water partition coefficient (Wildman–Crippen LogP) is 2.29. The van der Waals surface area contributed by atoms with Crippen LogP contribution in [-0.2, 0) is 14.4 Å². The molecule has 2 aliphatic rings. The molecule has 1 saturated heterocycles. The smallest absolute Gasteiger partial charge is 0.308 e. The van der Waals surface area contributed by atoms with E-state index >= 15 is 0 Å². The standard InChI is InChI=1S/C16H17NO4/c1-10(18)21-12-6-4-5-11(9-12)17-15(19)13-7-2-3-8-14(13)16(17)20/h4-6,9,13-14H,2-3,7-8H2,1H3. The van der Waals surface area contributed by atoms with Crippen LogP contribution in [0.3, 0.4) is 0 Å². The summed E-state index contributed by atoms with van der Waals surface area (Å²) in [5.74, 6) is -0.683. The van der Waals surface area contributed by atoms with Gasteiger partial charge in [0.25, 0.3) is 0 Å². The molecule has 1 aromatic carbocycles. The van der Waals surface area contributed by atoms with Gasteiger partial charge in [0.05, 0.1) is 17.5 Å². The second kappa shape index (κ2) is 5.31. The molecule has 2 fully saturated rings. The summed E-state index contributed by atoms with van der Waals surface area (Å²) in [5, 5.41) is 0. The van der Waals surface area contributed by atoms with Crippen LogP contribution in [-0.4, -0.2) is 17.8 Å². The minimum atomic E-state index is -0.431. The first-order valence-electron chi connectivity index (χ1n) is 7.24. The van der Waals surface area contributed by atoms with Gasteiger partial charge in [-0.2, -0.15) is 0 Å². The number of carbonyl (C=O) groups excluding carboxylic acids is 3. The summed E-state index contributed by atoms with van der Waals surface area (Å²) >= 11 is 0. The van der Waals surface area contributed by atoms with Crippen LogP contribution < -0.4 is 9.64 Å². The van der Waals surface area contributed by atoms with Gasteiger partial charge in [0.2, 0.25) is 11.8 Å². The van der Waals surface area contributed by atoms with Crippen molar-refractivity contribution in [3.05, 3.63) is 24.3 Å². The van der Waals surface area contributed by atoms with Crippen LogP contribution in [0.25, 0.3) is 0 Å². The molecule has 1 aliphatic heterocycles. The SMILES string of the molecule is CC(=O)Oc1cccc(N2C(=O)C3CCCCC3C2=O)c1. The van der Waals surface area contributed by atoms with Crippen LogP contribution >= 0.6 is 0 Å². The molecule has 2 unspecified atom stereocenters. The van der Waals surface area contributed by atoms with E-state index in [1.165, 1.54) is 11.8 Å². The molecular formula is C16H17NO4. The van der Waals surface area contributed by atoms with E-state index in [0.717, 1.165) is 25.7 Å². The molecule has 0 radical (unpaired) electrons. The Morgan fingerprint density at radius 1 is 1.14 bits per heavy atom. The average Bonchev–Trinajstić information content (AvgIpc) is 2.71. The molecule has 1 aliphatic carbocycles. The van der Waals surface area contributed by atoms with Crippen LogP contribution in [0.2, 0.25) is 0 Å². The van der Waals surface area contributed by atoms with Crippen LogP contribution in [0.5, 0.6) is 5.75 Å². The lowest BCUT2D eigenvalue weighted by Crippen LogP contribution is -2.30. The number of imide groups is 1. The highest BCUT2D eigenvalue weighted by Gasteiger charge is 2.48. The maximum atomic E-state index is 12.5. The third-order valence-electron chi connectivity index (χ3n) is 4.18. The van der Waals surface area contributed by atoms with Gasteiger partial charge in [0, 0.05) is 13.0 Å². The fraction of sp³-hybridized carbons (Fsp3) is 0.438. The number of hydrogen-bond donors (Lipinski definition) is 0. The van der Waals surface area contributed by atoms with Crippen molar-refractivity contribution in [3.8, 4) is 5.75 Å². The Hall–Kier alpha value is -2.17. The second-order valence-electron chi connectivity index (χ2n) is 5.60. The van der Waals surface area contributed by atoms with Crippen LogP contribution in [0.1, 0.15) is 32.6 Å². The van der Waals surface area contributed by atoms with Crippen LogP contribution in [0, 0.1) is 11.8 Å². The number of esters is 1. The van der Waals surface area contributed by atoms with Gasteiger partial charge < -0.3 is 4.74 Å². The summed E-state index contributed by atoms with van der Waals surface area (Å²) < 4.78 is 5.02. The molecule has 0 bridgehead atoms. The Morgan fingerprint density at radius 2 is 1.76 bits per heavy atom. The number of ether oxygens (including phenoxy) is 1.